The lowest BCUT2D eigenvalue weighted by Crippen LogP contribution is -2.35. The summed E-state index contributed by atoms with van der Waals surface area (Å²) in [6.07, 6.45) is 0.189. The maximum Gasteiger partial charge on any atom is 0.407 e. The van der Waals surface area contributed by atoms with Crippen LogP contribution in [0.1, 0.15) is 18.0 Å². The van der Waals surface area contributed by atoms with Crippen molar-refractivity contribution in [2.75, 3.05) is 6.61 Å². The normalized spacial score (nSPS) is 20.1. The minimum atomic E-state index is -0.452. The van der Waals surface area contributed by atoms with Gasteiger partial charge in [0.15, 0.2) is 0 Å². The minimum Gasteiger partial charge on any atom is -0.506 e. The molecule has 4 nitrogen and oxygen atoms in total. The lowest BCUT2D eigenvalue weighted by Gasteiger charge is -2.24. The zero-order valence-corrected chi connectivity index (χ0v) is 11.3. The van der Waals surface area contributed by atoms with Crippen LogP contribution in [0.25, 0.3) is 0 Å². The number of hydrogen-bond donors (Lipinski definition) is 2. The van der Waals surface area contributed by atoms with Crippen molar-refractivity contribution in [3.63, 3.8) is 0 Å². The number of phenols is 1. The summed E-state index contributed by atoms with van der Waals surface area (Å²) in [7, 11) is 0. The Kier molecular flexibility index (Phi) is 3.39. The Hall–Kier alpha value is -0.750. The van der Waals surface area contributed by atoms with Crippen LogP contribution < -0.4 is 5.32 Å². The van der Waals surface area contributed by atoms with E-state index in [1.165, 1.54) is 0 Å². The molecule has 86 valence electrons. The van der Waals surface area contributed by atoms with Crippen molar-refractivity contribution in [1.29, 1.82) is 0 Å². The molecule has 6 heteroatoms. The largest absolute Gasteiger partial charge is 0.506 e. The third kappa shape index (κ3) is 2.32. The summed E-state index contributed by atoms with van der Waals surface area (Å²) >= 11 is 6.60. The highest BCUT2D eigenvalue weighted by Crippen LogP contribution is 2.36. The van der Waals surface area contributed by atoms with Crippen LogP contribution in [-0.4, -0.2) is 17.8 Å². The van der Waals surface area contributed by atoms with E-state index in [9.17, 15) is 9.90 Å². The Balaban J connectivity index is 2.35. The molecular formula is C10H9Br2NO3. The second-order valence-corrected chi connectivity index (χ2v) is 5.22. The first-order valence-corrected chi connectivity index (χ1v) is 6.27. The molecule has 1 amide bonds. The van der Waals surface area contributed by atoms with Gasteiger partial charge < -0.3 is 15.2 Å². The molecule has 1 heterocycles. The molecule has 0 saturated carbocycles. The zero-order chi connectivity index (χ0) is 11.7. The molecule has 16 heavy (non-hydrogen) atoms. The molecule has 1 saturated heterocycles. The van der Waals surface area contributed by atoms with Crippen LogP contribution in [0, 0.1) is 0 Å². The van der Waals surface area contributed by atoms with Crippen molar-refractivity contribution in [1.82, 2.24) is 5.32 Å². The number of carbonyl (C=O) groups is 1. The summed E-state index contributed by atoms with van der Waals surface area (Å²) in [5, 5.41) is 12.6. The lowest BCUT2D eigenvalue weighted by atomic mass is 10.0. The van der Waals surface area contributed by atoms with E-state index in [0.29, 0.717) is 23.1 Å². The Morgan fingerprint density at radius 1 is 1.44 bits per heavy atom. The molecule has 2 rings (SSSR count). The van der Waals surface area contributed by atoms with Gasteiger partial charge in [-0.3, -0.25) is 0 Å². The van der Waals surface area contributed by atoms with Crippen LogP contribution in [0.4, 0.5) is 4.79 Å². The van der Waals surface area contributed by atoms with Gasteiger partial charge in [0.25, 0.3) is 0 Å². The van der Waals surface area contributed by atoms with E-state index in [2.05, 4.69) is 37.2 Å². The molecule has 1 aliphatic heterocycles. The quantitative estimate of drug-likeness (QED) is 0.818. The highest BCUT2D eigenvalue weighted by molar-refractivity contribution is 9.11. The third-order valence-electron chi connectivity index (χ3n) is 2.36. The molecule has 1 aromatic rings. The number of amides is 1. The van der Waals surface area contributed by atoms with E-state index in [0.717, 1.165) is 4.47 Å². The smallest absolute Gasteiger partial charge is 0.407 e. The Morgan fingerprint density at radius 3 is 2.88 bits per heavy atom. The number of cyclic esters (lactones) is 1. The van der Waals surface area contributed by atoms with Crippen LogP contribution >= 0.6 is 31.9 Å². The fourth-order valence-corrected chi connectivity index (χ4v) is 2.87. The van der Waals surface area contributed by atoms with Gasteiger partial charge in [-0.1, -0.05) is 15.9 Å². The molecule has 2 N–H and O–H groups in total. The van der Waals surface area contributed by atoms with Crippen molar-refractivity contribution in [2.45, 2.75) is 12.5 Å². The molecule has 1 aromatic carbocycles. The van der Waals surface area contributed by atoms with Gasteiger partial charge in [0, 0.05) is 16.5 Å². The SMILES string of the molecule is O=C1N[C@H](c2cc(Br)cc(Br)c2O)CCO1. The van der Waals surface area contributed by atoms with Gasteiger partial charge >= 0.3 is 6.09 Å². The second kappa shape index (κ2) is 4.63. The van der Waals surface area contributed by atoms with E-state index in [1.807, 2.05) is 0 Å². The highest BCUT2D eigenvalue weighted by atomic mass is 79.9. The van der Waals surface area contributed by atoms with Crippen molar-refractivity contribution >= 4 is 38.0 Å². The average Bonchev–Trinajstić information content (AvgIpc) is 2.23. The number of alkyl carbamates (subject to hydrolysis) is 1. The number of halogens is 2. The molecule has 1 atom stereocenters. The first-order chi connectivity index (χ1) is 7.58. The summed E-state index contributed by atoms with van der Waals surface area (Å²) in [4.78, 5) is 11.1. The number of hydrogen-bond acceptors (Lipinski definition) is 3. The maximum atomic E-state index is 11.1. The lowest BCUT2D eigenvalue weighted by molar-refractivity contribution is 0.115. The van der Waals surface area contributed by atoms with Crippen LogP contribution in [0.5, 0.6) is 5.75 Å². The van der Waals surface area contributed by atoms with Gasteiger partial charge in [-0.2, -0.15) is 0 Å². The minimum absolute atomic E-state index is 0.149. The van der Waals surface area contributed by atoms with Crippen molar-refractivity contribution in [3.8, 4) is 5.75 Å². The maximum absolute atomic E-state index is 11.1. The summed E-state index contributed by atoms with van der Waals surface area (Å²) in [6, 6.07) is 3.33. The van der Waals surface area contributed by atoms with E-state index >= 15 is 0 Å². The highest BCUT2D eigenvalue weighted by Gasteiger charge is 2.24. The van der Waals surface area contributed by atoms with E-state index < -0.39 is 6.09 Å². The number of rotatable bonds is 1. The number of carbonyl (C=O) groups excluding carboxylic acids is 1. The predicted octanol–water partition coefficient (Wildman–Crippen LogP) is 3.09. The number of benzene rings is 1. The van der Waals surface area contributed by atoms with Gasteiger partial charge in [-0.05, 0) is 28.1 Å². The summed E-state index contributed by atoms with van der Waals surface area (Å²) < 4.78 is 6.21. The fraction of sp³-hybridized carbons (Fsp3) is 0.300. The van der Waals surface area contributed by atoms with E-state index in [-0.39, 0.29) is 11.8 Å². The van der Waals surface area contributed by atoms with Gasteiger partial charge in [-0.15, -0.1) is 0 Å². The van der Waals surface area contributed by atoms with Crippen molar-refractivity contribution in [2.24, 2.45) is 0 Å². The Morgan fingerprint density at radius 2 is 2.19 bits per heavy atom. The van der Waals surface area contributed by atoms with Crippen LogP contribution in [0.2, 0.25) is 0 Å². The zero-order valence-electron chi connectivity index (χ0n) is 8.17. The predicted molar refractivity (Wildman–Crippen MR) is 65.3 cm³/mol. The number of ether oxygens (including phenoxy) is 1. The van der Waals surface area contributed by atoms with Gasteiger partial charge in [0.1, 0.15) is 5.75 Å². The van der Waals surface area contributed by atoms with E-state index in [4.69, 9.17) is 4.74 Å². The first-order valence-electron chi connectivity index (χ1n) is 4.69. The Labute approximate surface area is 109 Å². The number of phenolic OH excluding ortho intramolecular Hbond substituents is 1. The molecular weight excluding hydrogens is 342 g/mol. The summed E-state index contributed by atoms with van der Waals surface area (Å²) in [5.41, 5.74) is 0.679. The summed E-state index contributed by atoms with van der Waals surface area (Å²) in [5.74, 6) is 0.149. The van der Waals surface area contributed by atoms with E-state index in [1.54, 1.807) is 12.1 Å². The molecule has 0 aliphatic carbocycles. The van der Waals surface area contributed by atoms with Crippen LogP contribution in [-0.2, 0) is 4.74 Å². The summed E-state index contributed by atoms with van der Waals surface area (Å²) in [6.45, 7) is 0.361. The monoisotopic (exact) mass is 349 g/mol. The fourth-order valence-electron chi connectivity index (χ4n) is 1.61. The molecule has 0 unspecified atom stereocenters. The third-order valence-corrected chi connectivity index (χ3v) is 3.43. The standard InChI is InChI=1S/C10H9Br2NO3/c11-5-3-6(9(14)7(12)4-5)8-1-2-16-10(15)13-8/h3-4,8,14H,1-2H2,(H,13,15)/t8-/m0/s1. The molecule has 0 aromatic heterocycles. The molecule has 1 fully saturated rings. The molecule has 0 bridgehead atoms. The van der Waals surface area contributed by atoms with Crippen LogP contribution in [0.3, 0.4) is 0 Å². The van der Waals surface area contributed by atoms with Gasteiger partial charge in [0.2, 0.25) is 0 Å². The first kappa shape index (κ1) is 11.7. The molecule has 0 spiro atoms. The van der Waals surface area contributed by atoms with Gasteiger partial charge in [0.05, 0.1) is 17.1 Å². The van der Waals surface area contributed by atoms with Crippen LogP contribution in [0.15, 0.2) is 21.1 Å². The number of nitrogens with one attached hydrogen (secondary N) is 1. The molecule has 0 radical (unpaired) electrons. The number of aromatic hydroxyl groups is 1. The topological polar surface area (TPSA) is 58.6 Å². The molecule has 1 aliphatic rings. The van der Waals surface area contributed by atoms with Crippen molar-refractivity contribution < 1.29 is 14.6 Å². The second-order valence-electron chi connectivity index (χ2n) is 3.45. The van der Waals surface area contributed by atoms with Crippen molar-refractivity contribution in [3.05, 3.63) is 26.6 Å². The Bertz CT molecular complexity index is 436. The average molecular weight is 351 g/mol. The van der Waals surface area contributed by atoms with Gasteiger partial charge in [-0.25, -0.2) is 4.79 Å².